The minimum Gasteiger partial charge on any atom is -0.410 e. The number of aliphatic imine (C=N–C) groups is 1. The second-order valence-electron chi connectivity index (χ2n) is 8.21. The molecule has 152 valence electrons. The van der Waals surface area contributed by atoms with Gasteiger partial charge in [0.05, 0.1) is 11.2 Å². The van der Waals surface area contributed by atoms with E-state index in [0.29, 0.717) is 17.3 Å². The fourth-order valence-electron chi connectivity index (χ4n) is 5.03. The van der Waals surface area contributed by atoms with Crippen LogP contribution in [-0.2, 0) is 6.42 Å². The summed E-state index contributed by atoms with van der Waals surface area (Å²) in [6.07, 6.45) is 11.1. The number of carbonyl (C=O) groups excluding carboxylic acids is 1. The van der Waals surface area contributed by atoms with E-state index in [1.165, 1.54) is 62.3 Å². The van der Waals surface area contributed by atoms with Crippen LogP contribution in [0.4, 0.5) is 10.5 Å². The number of amidine groups is 1. The normalized spacial score (nSPS) is 23.1. The number of thioether (sulfide) groups is 1. The minimum absolute atomic E-state index is 0.340. The SMILES string of the molecule is CCc1cc(OC(=O)NC)ccc1N=C1SCC2(CCCC2)N1C1CCCC1. The number of rotatable bonds is 4. The first-order valence-corrected chi connectivity index (χ1v) is 11.7. The Morgan fingerprint density at radius 3 is 2.71 bits per heavy atom. The van der Waals surface area contributed by atoms with Gasteiger partial charge in [0.25, 0.3) is 0 Å². The van der Waals surface area contributed by atoms with E-state index in [1.807, 2.05) is 30.0 Å². The van der Waals surface area contributed by atoms with E-state index in [1.54, 1.807) is 7.05 Å². The lowest BCUT2D eigenvalue weighted by molar-refractivity contribution is 0.163. The van der Waals surface area contributed by atoms with Crippen molar-refractivity contribution in [1.82, 2.24) is 10.2 Å². The number of hydrogen-bond acceptors (Lipinski definition) is 4. The van der Waals surface area contributed by atoms with Crippen molar-refractivity contribution in [1.29, 1.82) is 0 Å². The minimum atomic E-state index is -0.442. The quantitative estimate of drug-likeness (QED) is 0.748. The first-order chi connectivity index (χ1) is 13.6. The molecular formula is C22H31N3O2S. The zero-order valence-electron chi connectivity index (χ0n) is 17.0. The van der Waals surface area contributed by atoms with Gasteiger partial charge >= 0.3 is 6.09 Å². The molecule has 0 radical (unpaired) electrons. The monoisotopic (exact) mass is 401 g/mol. The molecule has 5 nitrogen and oxygen atoms in total. The van der Waals surface area contributed by atoms with Gasteiger partial charge in [-0.2, -0.15) is 0 Å². The Balaban J connectivity index is 1.64. The van der Waals surface area contributed by atoms with Crippen molar-refractivity contribution >= 4 is 28.7 Å². The van der Waals surface area contributed by atoms with E-state index in [9.17, 15) is 4.79 Å². The molecule has 1 saturated heterocycles. The van der Waals surface area contributed by atoms with Gasteiger partial charge in [0.1, 0.15) is 5.75 Å². The van der Waals surface area contributed by atoms with Crippen molar-refractivity contribution in [3.8, 4) is 5.75 Å². The lowest BCUT2D eigenvalue weighted by atomic mass is 9.95. The van der Waals surface area contributed by atoms with Gasteiger partial charge < -0.3 is 15.0 Å². The summed E-state index contributed by atoms with van der Waals surface area (Å²) < 4.78 is 5.30. The van der Waals surface area contributed by atoms with Crippen molar-refractivity contribution in [2.24, 2.45) is 4.99 Å². The molecule has 28 heavy (non-hydrogen) atoms. The first-order valence-electron chi connectivity index (χ1n) is 10.7. The third kappa shape index (κ3) is 3.76. The average molecular weight is 402 g/mol. The second kappa shape index (κ2) is 8.36. The van der Waals surface area contributed by atoms with Crippen LogP contribution in [0.2, 0.25) is 0 Å². The number of amides is 1. The van der Waals surface area contributed by atoms with Gasteiger partial charge in [-0.3, -0.25) is 0 Å². The standard InChI is InChI=1S/C22H31N3O2S/c1-3-16-14-18(27-21(26)23-2)10-11-19(16)24-20-25(17-8-4-5-9-17)22(15-28-20)12-6-7-13-22/h10-11,14,17H,3-9,12-13,15H2,1-2H3,(H,23,26). The third-order valence-corrected chi connectivity index (χ3v) is 7.70. The molecule has 1 N–H and O–H groups in total. The maximum Gasteiger partial charge on any atom is 0.412 e. The molecule has 2 saturated carbocycles. The summed E-state index contributed by atoms with van der Waals surface area (Å²) in [5.41, 5.74) is 2.47. The highest BCUT2D eigenvalue weighted by atomic mass is 32.2. The van der Waals surface area contributed by atoms with Crippen LogP contribution in [0, 0.1) is 0 Å². The third-order valence-electron chi connectivity index (χ3n) is 6.47. The fourth-order valence-corrected chi connectivity index (χ4v) is 6.50. The molecule has 6 heteroatoms. The smallest absolute Gasteiger partial charge is 0.410 e. The summed E-state index contributed by atoms with van der Waals surface area (Å²) in [5.74, 6) is 1.75. The first kappa shape index (κ1) is 19.6. The lowest BCUT2D eigenvalue weighted by Crippen LogP contribution is -2.50. The molecule has 3 aliphatic rings. The molecule has 1 aromatic rings. The predicted octanol–water partition coefficient (Wildman–Crippen LogP) is 5.26. The molecule has 1 amide bonds. The van der Waals surface area contributed by atoms with E-state index in [0.717, 1.165) is 17.7 Å². The molecule has 3 fully saturated rings. The summed E-state index contributed by atoms with van der Waals surface area (Å²) in [6.45, 7) is 2.12. The highest BCUT2D eigenvalue weighted by Gasteiger charge is 2.49. The van der Waals surface area contributed by atoms with Gasteiger partial charge in [0, 0.05) is 18.8 Å². The number of benzene rings is 1. The van der Waals surface area contributed by atoms with Crippen LogP contribution in [0.1, 0.15) is 63.9 Å². The van der Waals surface area contributed by atoms with E-state index in [4.69, 9.17) is 9.73 Å². The van der Waals surface area contributed by atoms with Gasteiger partial charge in [-0.05, 0) is 55.9 Å². The van der Waals surface area contributed by atoms with Crippen LogP contribution in [0.5, 0.6) is 5.75 Å². The molecule has 4 rings (SSSR count). The van der Waals surface area contributed by atoms with Crippen LogP contribution >= 0.6 is 11.8 Å². The molecule has 1 spiro atoms. The van der Waals surface area contributed by atoms with Crippen LogP contribution in [0.3, 0.4) is 0 Å². The molecule has 0 bridgehead atoms. The summed E-state index contributed by atoms with van der Waals surface area (Å²) >= 11 is 1.95. The lowest BCUT2D eigenvalue weighted by Gasteiger charge is -2.40. The maximum absolute atomic E-state index is 11.5. The number of nitrogens with zero attached hydrogens (tertiary/aromatic N) is 2. The Bertz CT molecular complexity index is 752. The highest BCUT2D eigenvalue weighted by molar-refractivity contribution is 8.14. The van der Waals surface area contributed by atoms with Crippen molar-refractivity contribution in [3.05, 3.63) is 23.8 Å². The number of ether oxygens (including phenoxy) is 1. The summed E-state index contributed by atoms with van der Waals surface area (Å²) in [5, 5.41) is 3.70. The topological polar surface area (TPSA) is 53.9 Å². The number of hydrogen-bond donors (Lipinski definition) is 1. The number of carbonyl (C=O) groups is 1. The largest absolute Gasteiger partial charge is 0.412 e. The molecule has 0 atom stereocenters. The van der Waals surface area contributed by atoms with E-state index >= 15 is 0 Å². The highest BCUT2D eigenvalue weighted by Crippen LogP contribution is 2.48. The molecular weight excluding hydrogens is 370 g/mol. The van der Waals surface area contributed by atoms with E-state index < -0.39 is 6.09 Å². The van der Waals surface area contributed by atoms with Crippen molar-refractivity contribution in [2.45, 2.75) is 76.3 Å². The second-order valence-corrected chi connectivity index (χ2v) is 9.15. The van der Waals surface area contributed by atoms with Crippen LogP contribution in [-0.4, -0.2) is 40.5 Å². The van der Waals surface area contributed by atoms with Gasteiger partial charge in [-0.15, -0.1) is 0 Å². The molecule has 0 unspecified atom stereocenters. The zero-order valence-corrected chi connectivity index (χ0v) is 17.8. The van der Waals surface area contributed by atoms with Crippen molar-refractivity contribution < 1.29 is 9.53 Å². The van der Waals surface area contributed by atoms with Crippen LogP contribution < -0.4 is 10.1 Å². The molecule has 1 aromatic carbocycles. The van der Waals surface area contributed by atoms with Gasteiger partial charge in [0.15, 0.2) is 5.17 Å². The average Bonchev–Trinajstić information content (AvgIpc) is 3.46. The maximum atomic E-state index is 11.5. The van der Waals surface area contributed by atoms with Gasteiger partial charge in [-0.1, -0.05) is 44.4 Å². The molecule has 0 aromatic heterocycles. The Labute approximate surface area is 172 Å². The van der Waals surface area contributed by atoms with E-state index in [-0.39, 0.29) is 0 Å². The van der Waals surface area contributed by atoms with Crippen LogP contribution in [0.25, 0.3) is 0 Å². The fraction of sp³-hybridized carbons (Fsp3) is 0.636. The molecule has 2 aliphatic carbocycles. The van der Waals surface area contributed by atoms with Crippen LogP contribution in [0.15, 0.2) is 23.2 Å². The number of nitrogens with one attached hydrogen (secondary N) is 1. The molecule has 1 heterocycles. The van der Waals surface area contributed by atoms with E-state index in [2.05, 4.69) is 17.1 Å². The summed E-state index contributed by atoms with van der Waals surface area (Å²) in [7, 11) is 1.57. The predicted molar refractivity (Wildman–Crippen MR) is 116 cm³/mol. The zero-order chi connectivity index (χ0) is 19.6. The van der Waals surface area contributed by atoms with Crippen molar-refractivity contribution in [3.63, 3.8) is 0 Å². The Morgan fingerprint density at radius 1 is 1.29 bits per heavy atom. The van der Waals surface area contributed by atoms with Gasteiger partial charge in [0.2, 0.25) is 0 Å². The Morgan fingerprint density at radius 2 is 2.04 bits per heavy atom. The Hall–Kier alpha value is -1.69. The molecule has 1 aliphatic heterocycles. The van der Waals surface area contributed by atoms with Crippen molar-refractivity contribution in [2.75, 3.05) is 12.8 Å². The van der Waals surface area contributed by atoms with Gasteiger partial charge in [-0.25, -0.2) is 9.79 Å². The Kier molecular flexibility index (Phi) is 5.85. The number of aryl methyl sites for hydroxylation is 1. The summed E-state index contributed by atoms with van der Waals surface area (Å²) in [4.78, 5) is 19.4. The summed E-state index contributed by atoms with van der Waals surface area (Å²) in [6, 6.07) is 6.45.